The Hall–Kier alpha value is -1.75. The van der Waals surface area contributed by atoms with Gasteiger partial charge in [-0.2, -0.15) is 4.31 Å². The second-order valence-corrected chi connectivity index (χ2v) is 6.05. The van der Waals surface area contributed by atoms with E-state index < -0.39 is 10.0 Å². The van der Waals surface area contributed by atoms with Crippen LogP contribution in [0.25, 0.3) is 0 Å². The quantitative estimate of drug-likeness (QED) is 0.755. The molecule has 0 amide bonds. The van der Waals surface area contributed by atoms with Crippen LogP contribution in [0, 0.1) is 12.3 Å². The number of hydrogen-bond acceptors (Lipinski definition) is 5. The third kappa shape index (κ3) is 3.47. The standard InChI is InChI=1S/C14H19NO5S/c1-5-7-15(6-2)21(17,18)12-8-11(10-16)14(20-4)13(9-12)19-3/h1,8-9,16H,6-7,10H2,2-4H3. The monoisotopic (exact) mass is 313 g/mol. The molecule has 0 aliphatic heterocycles. The molecule has 7 heteroatoms. The molecule has 0 saturated carbocycles. The third-order valence-electron chi connectivity index (χ3n) is 2.96. The number of nitrogens with zero attached hydrogens (tertiary/aromatic N) is 1. The highest BCUT2D eigenvalue weighted by molar-refractivity contribution is 7.89. The Labute approximate surface area is 125 Å². The Bertz CT molecular complexity index is 608. The predicted molar refractivity (Wildman–Crippen MR) is 78.7 cm³/mol. The van der Waals surface area contributed by atoms with Crippen LogP contribution in [0.2, 0.25) is 0 Å². The Morgan fingerprint density at radius 1 is 1.33 bits per heavy atom. The summed E-state index contributed by atoms with van der Waals surface area (Å²) >= 11 is 0. The molecule has 0 unspecified atom stereocenters. The summed E-state index contributed by atoms with van der Waals surface area (Å²) in [6.07, 6.45) is 5.20. The summed E-state index contributed by atoms with van der Waals surface area (Å²) in [5.41, 5.74) is 0.326. The molecule has 0 atom stereocenters. The minimum Gasteiger partial charge on any atom is -0.493 e. The normalized spacial score (nSPS) is 11.2. The van der Waals surface area contributed by atoms with Crippen molar-refractivity contribution in [2.45, 2.75) is 18.4 Å². The smallest absolute Gasteiger partial charge is 0.244 e. The van der Waals surface area contributed by atoms with Crippen LogP contribution in [-0.2, 0) is 16.6 Å². The van der Waals surface area contributed by atoms with E-state index in [2.05, 4.69) is 5.92 Å². The first-order valence-electron chi connectivity index (χ1n) is 6.25. The van der Waals surface area contributed by atoms with Gasteiger partial charge in [-0.1, -0.05) is 12.8 Å². The molecular formula is C14H19NO5S. The largest absolute Gasteiger partial charge is 0.493 e. The van der Waals surface area contributed by atoms with Crippen molar-refractivity contribution in [1.82, 2.24) is 4.31 Å². The maximum absolute atomic E-state index is 12.5. The van der Waals surface area contributed by atoms with Crippen LogP contribution in [0.3, 0.4) is 0 Å². The number of hydrogen-bond donors (Lipinski definition) is 1. The number of aliphatic hydroxyl groups excluding tert-OH is 1. The van der Waals surface area contributed by atoms with E-state index >= 15 is 0 Å². The number of ether oxygens (including phenoxy) is 2. The number of sulfonamides is 1. The van der Waals surface area contributed by atoms with Crippen molar-refractivity contribution in [2.24, 2.45) is 0 Å². The Kier molecular flexibility index (Phi) is 6.03. The second-order valence-electron chi connectivity index (χ2n) is 4.11. The number of aliphatic hydroxyl groups is 1. The molecule has 0 spiro atoms. The topological polar surface area (TPSA) is 76.1 Å². The van der Waals surface area contributed by atoms with Gasteiger partial charge in [-0.3, -0.25) is 0 Å². The van der Waals surface area contributed by atoms with Gasteiger partial charge in [-0.05, 0) is 6.07 Å². The highest BCUT2D eigenvalue weighted by Gasteiger charge is 2.25. The Morgan fingerprint density at radius 3 is 2.43 bits per heavy atom. The molecule has 1 aromatic carbocycles. The van der Waals surface area contributed by atoms with E-state index in [4.69, 9.17) is 15.9 Å². The Balaban J connectivity index is 3.46. The van der Waals surface area contributed by atoms with E-state index in [1.165, 1.54) is 26.4 Å². The first-order valence-corrected chi connectivity index (χ1v) is 7.69. The highest BCUT2D eigenvalue weighted by Crippen LogP contribution is 2.35. The summed E-state index contributed by atoms with van der Waals surface area (Å²) in [4.78, 5) is 0.00120. The maximum atomic E-state index is 12.5. The molecule has 1 rings (SSSR count). The fourth-order valence-corrected chi connectivity index (χ4v) is 3.33. The molecule has 0 aliphatic carbocycles. The zero-order chi connectivity index (χ0) is 16.0. The van der Waals surface area contributed by atoms with Crippen molar-refractivity contribution in [2.75, 3.05) is 27.3 Å². The first kappa shape index (κ1) is 17.3. The van der Waals surface area contributed by atoms with Gasteiger partial charge in [-0.15, -0.1) is 6.42 Å². The number of terminal acetylenes is 1. The molecule has 6 nitrogen and oxygen atoms in total. The van der Waals surface area contributed by atoms with Crippen LogP contribution in [0.15, 0.2) is 17.0 Å². The fraction of sp³-hybridized carbons (Fsp3) is 0.429. The molecular weight excluding hydrogens is 294 g/mol. The lowest BCUT2D eigenvalue weighted by Gasteiger charge is -2.20. The number of methoxy groups -OCH3 is 2. The van der Waals surface area contributed by atoms with Gasteiger partial charge in [0.15, 0.2) is 11.5 Å². The average Bonchev–Trinajstić information content (AvgIpc) is 2.50. The van der Waals surface area contributed by atoms with E-state index in [0.29, 0.717) is 11.3 Å². The number of rotatable bonds is 7. The summed E-state index contributed by atoms with van der Waals surface area (Å²) in [6, 6.07) is 2.71. The minimum atomic E-state index is -3.76. The lowest BCUT2D eigenvalue weighted by Crippen LogP contribution is -2.31. The lowest BCUT2D eigenvalue weighted by atomic mass is 10.2. The van der Waals surface area contributed by atoms with Gasteiger partial charge in [0.05, 0.1) is 32.3 Å². The molecule has 0 saturated heterocycles. The van der Waals surface area contributed by atoms with E-state index in [0.717, 1.165) is 4.31 Å². The zero-order valence-corrected chi connectivity index (χ0v) is 13.1. The summed E-state index contributed by atoms with van der Waals surface area (Å²) in [7, 11) is -0.944. The van der Waals surface area contributed by atoms with Crippen molar-refractivity contribution in [3.8, 4) is 23.8 Å². The predicted octanol–water partition coefficient (Wildman–Crippen LogP) is 0.840. The van der Waals surface area contributed by atoms with Crippen molar-refractivity contribution in [1.29, 1.82) is 0 Å². The molecule has 1 N–H and O–H groups in total. The van der Waals surface area contributed by atoms with Gasteiger partial charge in [0.25, 0.3) is 0 Å². The molecule has 1 aromatic rings. The Morgan fingerprint density at radius 2 is 2.00 bits per heavy atom. The second kappa shape index (κ2) is 7.31. The summed E-state index contributed by atoms with van der Waals surface area (Å²) in [5, 5.41) is 9.38. The molecule has 0 fully saturated rings. The van der Waals surface area contributed by atoms with Gasteiger partial charge in [0.2, 0.25) is 10.0 Å². The molecule has 0 heterocycles. The van der Waals surface area contributed by atoms with E-state index in [-0.39, 0.29) is 30.3 Å². The van der Waals surface area contributed by atoms with Gasteiger partial charge in [0, 0.05) is 18.2 Å². The SMILES string of the molecule is C#CCN(CC)S(=O)(=O)c1cc(CO)c(OC)c(OC)c1. The minimum absolute atomic E-state index is 0.00120. The van der Waals surface area contributed by atoms with Gasteiger partial charge in [-0.25, -0.2) is 8.42 Å². The number of benzene rings is 1. The molecule has 0 radical (unpaired) electrons. The fourth-order valence-electron chi connectivity index (χ4n) is 1.90. The van der Waals surface area contributed by atoms with Crippen molar-refractivity contribution in [3.63, 3.8) is 0 Å². The van der Waals surface area contributed by atoms with Gasteiger partial charge in [0.1, 0.15) is 0 Å². The molecule has 0 bridgehead atoms. The van der Waals surface area contributed by atoms with Crippen LogP contribution in [0.5, 0.6) is 11.5 Å². The third-order valence-corrected chi connectivity index (χ3v) is 4.86. The van der Waals surface area contributed by atoms with Crippen LogP contribution in [0.1, 0.15) is 12.5 Å². The first-order chi connectivity index (χ1) is 9.95. The maximum Gasteiger partial charge on any atom is 0.244 e. The van der Waals surface area contributed by atoms with Gasteiger partial charge >= 0.3 is 0 Å². The van der Waals surface area contributed by atoms with Crippen LogP contribution < -0.4 is 9.47 Å². The molecule has 21 heavy (non-hydrogen) atoms. The van der Waals surface area contributed by atoms with E-state index in [1.807, 2.05) is 0 Å². The highest BCUT2D eigenvalue weighted by atomic mass is 32.2. The summed E-state index contributed by atoms with van der Waals surface area (Å²) < 4.78 is 36.5. The van der Waals surface area contributed by atoms with Crippen LogP contribution in [-0.4, -0.2) is 45.1 Å². The summed E-state index contributed by atoms with van der Waals surface area (Å²) in [5.74, 6) is 2.86. The van der Waals surface area contributed by atoms with E-state index in [9.17, 15) is 13.5 Å². The van der Waals surface area contributed by atoms with Gasteiger partial charge < -0.3 is 14.6 Å². The lowest BCUT2D eigenvalue weighted by molar-refractivity contribution is 0.269. The van der Waals surface area contributed by atoms with Crippen LogP contribution in [0.4, 0.5) is 0 Å². The zero-order valence-electron chi connectivity index (χ0n) is 12.3. The van der Waals surface area contributed by atoms with Crippen molar-refractivity contribution in [3.05, 3.63) is 17.7 Å². The average molecular weight is 313 g/mol. The molecule has 116 valence electrons. The van der Waals surface area contributed by atoms with Crippen molar-refractivity contribution >= 4 is 10.0 Å². The summed E-state index contributed by atoms with van der Waals surface area (Å²) in [6.45, 7) is 1.55. The molecule has 0 aromatic heterocycles. The van der Waals surface area contributed by atoms with Crippen LogP contribution >= 0.6 is 0 Å². The van der Waals surface area contributed by atoms with E-state index in [1.54, 1.807) is 6.92 Å². The van der Waals surface area contributed by atoms with Crippen molar-refractivity contribution < 1.29 is 23.0 Å². The molecule has 0 aliphatic rings.